The van der Waals surface area contributed by atoms with E-state index in [1.165, 1.54) is 17.0 Å². The van der Waals surface area contributed by atoms with Crippen molar-refractivity contribution in [2.75, 3.05) is 10.8 Å². The standard InChI is InChI=1S/C32H37Cl2N3O4S/c1-22-13-16-27(17-14-22)42(40,41)37(30-12-8-7-9-23(30)2)21-31(38)36(20-25-15-18-28(33)29(34)19-25)24(3)32(39)35-26-10-5-4-6-11-26/h7-9,12-19,24,26H,4-6,10-11,20-21H2,1-3H3,(H,35,39)/t24-/m1/s1. The van der Waals surface area contributed by atoms with Crippen molar-refractivity contribution in [1.82, 2.24) is 10.2 Å². The van der Waals surface area contributed by atoms with E-state index in [0.29, 0.717) is 26.9 Å². The van der Waals surface area contributed by atoms with Crippen molar-refractivity contribution in [2.45, 2.75) is 76.4 Å². The zero-order valence-corrected chi connectivity index (χ0v) is 26.5. The Kier molecular flexibility index (Phi) is 10.6. The summed E-state index contributed by atoms with van der Waals surface area (Å²) in [6.45, 7) is 4.88. The predicted octanol–water partition coefficient (Wildman–Crippen LogP) is 6.67. The van der Waals surface area contributed by atoms with Crippen LogP contribution >= 0.6 is 23.2 Å². The van der Waals surface area contributed by atoms with E-state index in [1.807, 2.05) is 13.0 Å². The molecule has 10 heteroatoms. The molecule has 7 nitrogen and oxygen atoms in total. The van der Waals surface area contributed by atoms with Gasteiger partial charge in [-0.05, 0) is 75.1 Å². The number of hydrogen-bond acceptors (Lipinski definition) is 4. The summed E-state index contributed by atoms with van der Waals surface area (Å²) in [4.78, 5) is 29.1. The van der Waals surface area contributed by atoms with Gasteiger partial charge in [-0.1, -0.05) is 84.4 Å². The maximum Gasteiger partial charge on any atom is 0.264 e. The van der Waals surface area contributed by atoms with E-state index in [9.17, 15) is 18.0 Å². The lowest BCUT2D eigenvalue weighted by atomic mass is 9.95. The molecule has 2 amide bonds. The minimum atomic E-state index is -4.13. The molecule has 1 saturated carbocycles. The first-order chi connectivity index (χ1) is 20.0. The number of para-hydroxylation sites is 1. The Balaban J connectivity index is 1.69. The highest BCUT2D eigenvalue weighted by atomic mass is 35.5. The van der Waals surface area contributed by atoms with Crippen LogP contribution in [0.15, 0.2) is 71.6 Å². The lowest BCUT2D eigenvalue weighted by molar-refractivity contribution is -0.139. The number of nitrogens with one attached hydrogen (secondary N) is 1. The van der Waals surface area contributed by atoms with Gasteiger partial charge in [0.15, 0.2) is 0 Å². The van der Waals surface area contributed by atoms with E-state index in [0.717, 1.165) is 42.0 Å². The molecular weight excluding hydrogens is 593 g/mol. The normalized spacial score (nSPS) is 14.7. The molecule has 1 aliphatic rings. The predicted molar refractivity (Wildman–Crippen MR) is 168 cm³/mol. The van der Waals surface area contributed by atoms with E-state index < -0.39 is 28.5 Å². The molecule has 0 spiro atoms. The van der Waals surface area contributed by atoms with Gasteiger partial charge in [0, 0.05) is 12.6 Å². The molecule has 1 fully saturated rings. The third kappa shape index (κ3) is 7.65. The second-order valence-electron chi connectivity index (χ2n) is 10.9. The quantitative estimate of drug-likeness (QED) is 0.271. The molecule has 3 aromatic carbocycles. The van der Waals surface area contributed by atoms with Crippen LogP contribution in [0, 0.1) is 13.8 Å². The number of rotatable bonds is 10. The van der Waals surface area contributed by atoms with E-state index in [-0.39, 0.29) is 23.4 Å². The fraction of sp³-hybridized carbons (Fsp3) is 0.375. The molecule has 0 unspecified atom stereocenters. The van der Waals surface area contributed by atoms with Crippen LogP contribution in [0.2, 0.25) is 10.0 Å². The number of carbonyl (C=O) groups excluding carboxylic acids is 2. The first-order valence-electron chi connectivity index (χ1n) is 14.2. The summed E-state index contributed by atoms with van der Waals surface area (Å²) in [5.74, 6) is -0.801. The molecule has 0 saturated heterocycles. The van der Waals surface area contributed by atoms with E-state index in [4.69, 9.17) is 23.2 Å². The Morgan fingerprint density at radius 1 is 0.929 bits per heavy atom. The lowest BCUT2D eigenvalue weighted by Crippen LogP contribution is -2.53. The van der Waals surface area contributed by atoms with Gasteiger partial charge in [-0.25, -0.2) is 8.42 Å². The summed E-state index contributed by atoms with van der Waals surface area (Å²) in [5.41, 5.74) is 2.66. The Morgan fingerprint density at radius 2 is 1.60 bits per heavy atom. The Hall–Kier alpha value is -3.07. The molecule has 4 rings (SSSR count). The molecule has 1 aliphatic carbocycles. The zero-order chi connectivity index (χ0) is 30.4. The number of carbonyl (C=O) groups is 2. The Morgan fingerprint density at radius 3 is 2.24 bits per heavy atom. The third-order valence-corrected chi connectivity index (χ3v) is 10.2. The molecular formula is C32H37Cl2N3O4S. The van der Waals surface area contributed by atoms with Gasteiger partial charge in [0.1, 0.15) is 12.6 Å². The second-order valence-corrected chi connectivity index (χ2v) is 13.6. The number of aryl methyl sites for hydroxylation is 2. The summed E-state index contributed by atoms with van der Waals surface area (Å²) in [6, 6.07) is 17.7. The number of hydrogen-bond donors (Lipinski definition) is 1. The van der Waals surface area contributed by atoms with Crippen molar-refractivity contribution < 1.29 is 18.0 Å². The molecule has 1 N–H and O–H groups in total. The largest absolute Gasteiger partial charge is 0.352 e. The van der Waals surface area contributed by atoms with Crippen LogP contribution in [-0.4, -0.2) is 43.8 Å². The van der Waals surface area contributed by atoms with Gasteiger partial charge in [-0.2, -0.15) is 0 Å². The van der Waals surface area contributed by atoms with Gasteiger partial charge in [0.05, 0.1) is 20.6 Å². The maximum atomic E-state index is 14.1. The van der Waals surface area contributed by atoms with Crippen molar-refractivity contribution in [1.29, 1.82) is 0 Å². The number of amides is 2. The van der Waals surface area contributed by atoms with Gasteiger partial charge >= 0.3 is 0 Å². The fourth-order valence-corrected chi connectivity index (χ4v) is 6.98. The second kappa shape index (κ2) is 13.9. The van der Waals surface area contributed by atoms with Crippen molar-refractivity contribution in [3.63, 3.8) is 0 Å². The summed E-state index contributed by atoms with van der Waals surface area (Å²) < 4.78 is 29.1. The molecule has 0 heterocycles. The van der Waals surface area contributed by atoms with E-state index >= 15 is 0 Å². The van der Waals surface area contributed by atoms with Crippen LogP contribution in [0.5, 0.6) is 0 Å². The summed E-state index contributed by atoms with van der Waals surface area (Å²) in [7, 11) is -4.13. The first-order valence-corrected chi connectivity index (χ1v) is 16.4. The highest BCUT2D eigenvalue weighted by Gasteiger charge is 2.33. The van der Waals surface area contributed by atoms with E-state index in [2.05, 4.69) is 5.32 Å². The fourth-order valence-electron chi connectivity index (χ4n) is 5.18. The van der Waals surface area contributed by atoms with Gasteiger partial charge < -0.3 is 10.2 Å². The first kappa shape index (κ1) is 31.9. The van der Waals surface area contributed by atoms with Gasteiger partial charge in [-0.3, -0.25) is 13.9 Å². The number of benzene rings is 3. The minimum absolute atomic E-state index is 0.0428. The number of anilines is 1. The van der Waals surface area contributed by atoms with Crippen LogP contribution in [0.3, 0.4) is 0 Å². The van der Waals surface area contributed by atoms with Crippen molar-refractivity contribution in [2.24, 2.45) is 0 Å². The molecule has 0 radical (unpaired) electrons. The maximum absolute atomic E-state index is 14.1. The zero-order valence-electron chi connectivity index (χ0n) is 24.1. The SMILES string of the molecule is Cc1ccc(S(=O)(=O)N(CC(=O)N(Cc2ccc(Cl)c(Cl)c2)[C@H](C)C(=O)NC2CCCCC2)c2ccccc2C)cc1. The number of sulfonamides is 1. The summed E-state index contributed by atoms with van der Waals surface area (Å²) in [5, 5.41) is 3.80. The van der Waals surface area contributed by atoms with E-state index in [1.54, 1.807) is 62.4 Å². The van der Waals surface area contributed by atoms with Crippen molar-refractivity contribution in [3.8, 4) is 0 Å². The minimum Gasteiger partial charge on any atom is -0.352 e. The molecule has 1 atom stereocenters. The number of nitrogens with zero attached hydrogens (tertiary/aromatic N) is 2. The van der Waals surface area contributed by atoms with Gasteiger partial charge in [-0.15, -0.1) is 0 Å². The van der Waals surface area contributed by atoms with Crippen LogP contribution in [0.25, 0.3) is 0 Å². The van der Waals surface area contributed by atoms with Gasteiger partial charge in [0.25, 0.3) is 10.0 Å². The van der Waals surface area contributed by atoms with Crippen molar-refractivity contribution in [3.05, 3.63) is 93.5 Å². The third-order valence-electron chi connectivity index (χ3n) is 7.73. The lowest BCUT2D eigenvalue weighted by Gasteiger charge is -2.33. The number of halogens is 2. The molecule has 0 bridgehead atoms. The molecule has 42 heavy (non-hydrogen) atoms. The topological polar surface area (TPSA) is 86.8 Å². The molecule has 0 aromatic heterocycles. The average Bonchev–Trinajstić information content (AvgIpc) is 2.97. The summed E-state index contributed by atoms with van der Waals surface area (Å²) in [6.07, 6.45) is 5.04. The van der Waals surface area contributed by atoms with Crippen LogP contribution in [0.1, 0.15) is 55.7 Å². The Bertz CT molecular complexity index is 1520. The monoisotopic (exact) mass is 629 g/mol. The van der Waals surface area contributed by atoms with Crippen LogP contribution in [-0.2, 0) is 26.2 Å². The van der Waals surface area contributed by atoms with Crippen molar-refractivity contribution >= 4 is 50.7 Å². The Labute approximate surface area is 258 Å². The average molecular weight is 631 g/mol. The van der Waals surface area contributed by atoms with Crippen LogP contribution < -0.4 is 9.62 Å². The smallest absolute Gasteiger partial charge is 0.264 e. The highest BCUT2D eigenvalue weighted by Crippen LogP contribution is 2.28. The molecule has 224 valence electrons. The summed E-state index contributed by atoms with van der Waals surface area (Å²) >= 11 is 12.4. The molecule has 3 aromatic rings. The van der Waals surface area contributed by atoms with Crippen LogP contribution in [0.4, 0.5) is 5.69 Å². The molecule has 0 aliphatic heterocycles. The highest BCUT2D eigenvalue weighted by molar-refractivity contribution is 7.92. The van der Waals surface area contributed by atoms with Gasteiger partial charge in [0.2, 0.25) is 11.8 Å².